The van der Waals surface area contributed by atoms with Crippen molar-refractivity contribution in [1.82, 2.24) is 0 Å². The van der Waals surface area contributed by atoms with E-state index in [4.69, 9.17) is 6.64 Å². The fourth-order valence-corrected chi connectivity index (χ4v) is 12.0. The van der Waals surface area contributed by atoms with E-state index in [1.165, 1.54) is 89.9 Å². The van der Waals surface area contributed by atoms with Gasteiger partial charge in [0.05, 0.1) is 0 Å². The molecule has 0 rings (SSSR count). The van der Waals surface area contributed by atoms with Gasteiger partial charge in [0.15, 0.2) is 0 Å². The Bertz CT molecular complexity index is 559. The molecule has 0 saturated carbocycles. The van der Waals surface area contributed by atoms with Gasteiger partial charge in [0, 0.05) is 0 Å². The van der Waals surface area contributed by atoms with E-state index in [0.717, 1.165) is 62.2 Å². The Labute approximate surface area is 255 Å². The minimum absolute atomic E-state index is 0.622. The zero-order chi connectivity index (χ0) is 30.1. The van der Waals surface area contributed by atoms with Crippen molar-refractivity contribution in [3.8, 4) is 0 Å². The van der Waals surface area contributed by atoms with Crippen LogP contribution in [0.3, 0.4) is 0 Å². The Hall–Kier alpha value is 0.434. The fraction of sp³-hybridized carbons (Fsp3) is 1.00. The van der Waals surface area contributed by atoms with Crippen molar-refractivity contribution in [1.29, 1.82) is 0 Å². The molecule has 40 heavy (non-hydrogen) atoms. The van der Waals surface area contributed by atoms with Gasteiger partial charge in [-0.2, -0.15) is 0 Å². The van der Waals surface area contributed by atoms with E-state index in [9.17, 15) is 0 Å². The molecule has 0 radical (unpaired) electrons. The quantitative estimate of drug-likeness (QED) is 0.0604. The zero-order valence-electron chi connectivity index (χ0n) is 29.0. The van der Waals surface area contributed by atoms with Crippen LogP contribution in [0.25, 0.3) is 0 Å². The molecule has 0 aromatic carbocycles. The van der Waals surface area contributed by atoms with Gasteiger partial charge in [0.1, 0.15) is 0 Å². The first kappa shape index (κ1) is 40.4. The van der Waals surface area contributed by atoms with Crippen LogP contribution in [0.2, 0.25) is 9.45 Å². The predicted molar refractivity (Wildman–Crippen MR) is 174 cm³/mol. The van der Waals surface area contributed by atoms with Crippen LogP contribution in [-0.2, 0) is 26.0 Å². The Morgan fingerprint density at radius 2 is 0.625 bits per heavy atom. The third kappa shape index (κ3) is 25.0. The molecule has 4 heteroatoms. The summed E-state index contributed by atoms with van der Waals surface area (Å²) in [6, 6.07) is 0. The van der Waals surface area contributed by atoms with E-state index in [0.29, 0.717) is 22.7 Å². The van der Waals surface area contributed by atoms with Crippen molar-refractivity contribution in [2.24, 2.45) is 23.7 Å². The molecule has 0 unspecified atom stereocenters. The zero-order valence-corrected chi connectivity index (χ0v) is 30.6. The molecule has 0 aliphatic heterocycles. The molecule has 0 saturated heterocycles. The van der Waals surface area contributed by atoms with Crippen LogP contribution in [-0.4, -0.2) is 13.2 Å². The molecule has 0 heterocycles. The summed E-state index contributed by atoms with van der Waals surface area (Å²) in [6.07, 6.45) is 24.0. The summed E-state index contributed by atoms with van der Waals surface area (Å²) < 4.78 is 29.7. The third-order valence-electron chi connectivity index (χ3n) is 8.58. The van der Waals surface area contributed by atoms with Gasteiger partial charge >= 0.3 is 256 Å². The Kier molecular flexibility index (Phi) is 25.1. The van der Waals surface area contributed by atoms with Gasteiger partial charge in [-0.15, -0.1) is 0 Å². The molecule has 0 N–H and O–H groups in total. The van der Waals surface area contributed by atoms with E-state index in [-0.39, 0.29) is 0 Å². The van der Waals surface area contributed by atoms with E-state index >= 15 is 3.32 Å². The van der Waals surface area contributed by atoms with Gasteiger partial charge in [-0.3, -0.25) is 0 Å². The van der Waals surface area contributed by atoms with E-state index in [1.807, 2.05) is 0 Å². The monoisotopic (exact) mass is 605 g/mol. The summed E-state index contributed by atoms with van der Waals surface area (Å²) in [5.74, 6) is 3.10. The van der Waals surface area contributed by atoms with Crippen molar-refractivity contribution < 1.29 is 26.0 Å². The summed E-state index contributed by atoms with van der Waals surface area (Å²) >= 11 is -4.73. The molecule has 0 aliphatic rings. The van der Waals surface area contributed by atoms with E-state index in [1.54, 1.807) is 0 Å². The van der Waals surface area contributed by atoms with Gasteiger partial charge in [-0.05, 0) is 0 Å². The van der Waals surface area contributed by atoms with Gasteiger partial charge < -0.3 is 0 Å². The van der Waals surface area contributed by atoms with Gasteiger partial charge in [-0.25, -0.2) is 0 Å². The van der Waals surface area contributed by atoms with Crippen LogP contribution in [0.1, 0.15) is 184 Å². The first-order valence-corrected chi connectivity index (χ1v) is 22.3. The number of rotatable bonds is 30. The molecule has 242 valence electrons. The van der Waals surface area contributed by atoms with E-state index in [2.05, 4.69) is 55.4 Å². The predicted octanol–water partition coefficient (Wildman–Crippen LogP) is 13.1. The van der Waals surface area contributed by atoms with Gasteiger partial charge in [-0.1, -0.05) is 0 Å². The van der Waals surface area contributed by atoms with Crippen molar-refractivity contribution >= 4 is 0 Å². The van der Waals surface area contributed by atoms with Crippen molar-refractivity contribution in [2.75, 3.05) is 13.2 Å². The summed E-state index contributed by atoms with van der Waals surface area (Å²) in [7, 11) is 0. The molecule has 0 amide bonds. The topological polar surface area (TPSA) is 35.5 Å². The second-order valence-corrected chi connectivity index (χ2v) is 21.7. The molecule has 0 aromatic heterocycles. The molecule has 0 aliphatic carbocycles. The SMILES string of the molecule is CC(C)CCCCCC[O][Ti](=[O])([CH2]CCCCCC(C)C)([CH2]CCCCCC(C)C)[O]CCCCCCC(C)C. The number of unbranched alkanes of at least 4 members (excludes halogenated alkanes) is 12. The van der Waals surface area contributed by atoms with E-state index < -0.39 is 16.1 Å². The van der Waals surface area contributed by atoms with Crippen LogP contribution < -0.4 is 0 Å². The molecular weight excluding hydrogens is 528 g/mol. The minimum atomic E-state index is -4.73. The molecule has 0 bridgehead atoms. The molecule has 0 aromatic rings. The summed E-state index contributed by atoms with van der Waals surface area (Å²) in [4.78, 5) is 0. The first-order valence-electron chi connectivity index (χ1n) is 18.1. The van der Waals surface area contributed by atoms with Crippen LogP contribution in [0, 0.1) is 23.7 Å². The number of hydrogen-bond donors (Lipinski definition) is 0. The van der Waals surface area contributed by atoms with Crippen molar-refractivity contribution in [3.05, 3.63) is 0 Å². The van der Waals surface area contributed by atoms with Crippen LogP contribution in [0.5, 0.6) is 0 Å². The summed E-state index contributed by atoms with van der Waals surface area (Å²) in [6.45, 7) is 19.7. The maximum absolute atomic E-state index is 15.1. The maximum atomic E-state index is 15.1. The third-order valence-corrected chi connectivity index (χ3v) is 15.4. The molecule has 0 fully saturated rings. The molecular formula is C36H76O3Ti. The van der Waals surface area contributed by atoms with Gasteiger partial charge in [0.2, 0.25) is 0 Å². The standard InChI is InChI=1S/2C9H19O.2C9H19.O.Ti/c2*1-9(2)7-5-3-4-6-8-10;2*1-4-5-6-7-8-9(2)3;;/h2*9H,3-8H2,1-2H3;2*9H,1,4-8H2,2-3H3;;/q2*-1;;;;+2. The Balaban J connectivity index is 5.14. The van der Waals surface area contributed by atoms with Gasteiger partial charge in [0.25, 0.3) is 0 Å². The van der Waals surface area contributed by atoms with Crippen LogP contribution >= 0.6 is 0 Å². The van der Waals surface area contributed by atoms with Crippen molar-refractivity contribution in [2.45, 2.75) is 193 Å². The summed E-state index contributed by atoms with van der Waals surface area (Å²) in [5, 5.41) is 0. The normalized spacial score (nSPS) is 13.0. The average molecular weight is 605 g/mol. The van der Waals surface area contributed by atoms with Crippen LogP contribution in [0.4, 0.5) is 0 Å². The Morgan fingerprint density at radius 3 is 0.900 bits per heavy atom. The molecule has 3 nitrogen and oxygen atoms in total. The first-order chi connectivity index (χ1) is 19.0. The fourth-order valence-electron chi connectivity index (χ4n) is 5.82. The molecule has 0 atom stereocenters. The summed E-state index contributed by atoms with van der Waals surface area (Å²) in [5.41, 5.74) is 0. The number of hydrogen-bond acceptors (Lipinski definition) is 3. The second-order valence-electron chi connectivity index (χ2n) is 14.9. The van der Waals surface area contributed by atoms with Crippen molar-refractivity contribution in [3.63, 3.8) is 0 Å². The Morgan fingerprint density at radius 1 is 0.375 bits per heavy atom. The average Bonchev–Trinajstić information content (AvgIpc) is 2.87. The second kappa shape index (κ2) is 24.8. The van der Waals surface area contributed by atoms with Crippen LogP contribution in [0.15, 0.2) is 0 Å². The molecule has 0 spiro atoms.